The van der Waals surface area contributed by atoms with Crippen molar-refractivity contribution in [2.45, 2.75) is 26.7 Å². The SMILES string of the molecule is CCc1nc(-c2ccccc2)nc(-c2ccnc(F)n2)c1CC.N. The third-order valence-electron chi connectivity index (χ3n) is 3.68. The van der Waals surface area contributed by atoms with Gasteiger partial charge in [-0.15, -0.1) is 0 Å². The van der Waals surface area contributed by atoms with Crippen molar-refractivity contribution >= 4 is 0 Å². The molecule has 124 valence electrons. The molecule has 24 heavy (non-hydrogen) atoms. The molecule has 3 N–H and O–H groups in total. The number of hydrogen-bond acceptors (Lipinski definition) is 5. The van der Waals surface area contributed by atoms with Gasteiger partial charge in [0.15, 0.2) is 5.82 Å². The average molecular weight is 325 g/mol. The molecular formula is C18H20FN5. The molecule has 2 aromatic heterocycles. The lowest BCUT2D eigenvalue weighted by Crippen LogP contribution is -2.06. The van der Waals surface area contributed by atoms with Crippen LogP contribution in [0.2, 0.25) is 0 Å². The van der Waals surface area contributed by atoms with Gasteiger partial charge in [-0.25, -0.2) is 19.9 Å². The van der Waals surface area contributed by atoms with Crippen LogP contribution in [0.4, 0.5) is 4.39 Å². The van der Waals surface area contributed by atoms with Crippen LogP contribution in [0.15, 0.2) is 42.6 Å². The van der Waals surface area contributed by atoms with Crippen molar-refractivity contribution in [1.82, 2.24) is 26.1 Å². The second kappa shape index (κ2) is 7.70. The molecule has 0 aliphatic rings. The minimum Gasteiger partial charge on any atom is -0.344 e. The van der Waals surface area contributed by atoms with E-state index >= 15 is 0 Å². The van der Waals surface area contributed by atoms with Crippen LogP contribution in [0.1, 0.15) is 25.1 Å². The summed E-state index contributed by atoms with van der Waals surface area (Å²) < 4.78 is 13.4. The van der Waals surface area contributed by atoms with Gasteiger partial charge in [-0.1, -0.05) is 44.2 Å². The van der Waals surface area contributed by atoms with E-state index in [0.29, 0.717) is 17.2 Å². The van der Waals surface area contributed by atoms with E-state index in [1.807, 2.05) is 37.3 Å². The van der Waals surface area contributed by atoms with Gasteiger partial charge in [0.1, 0.15) is 0 Å². The highest BCUT2D eigenvalue weighted by Crippen LogP contribution is 2.26. The lowest BCUT2D eigenvalue weighted by molar-refractivity contribution is 0.540. The zero-order valence-corrected chi connectivity index (χ0v) is 13.8. The zero-order chi connectivity index (χ0) is 16.2. The van der Waals surface area contributed by atoms with E-state index < -0.39 is 6.08 Å². The third kappa shape index (κ3) is 3.44. The minimum atomic E-state index is -0.748. The molecular weight excluding hydrogens is 305 g/mol. The first kappa shape index (κ1) is 17.6. The summed E-state index contributed by atoms with van der Waals surface area (Å²) in [5.74, 6) is 0.633. The highest BCUT2D eigenvalue weighted by Gasteiger charge is 2.16. The van der Waals surface area contributed by atoms with Crippen LogP contribution in [0.3, 0.4) is 0 Å². The van der Waals surface area contributed by atoms with E-state index in [4.69, 9.17) is 4.98 Å². The maximum atomic E-state index is 13.4. The molecule has 0 bridgehead atoms. The number of aromatic nitrogens is 4. The summed E-state index contributed by atoms with van der Waals surface area (Å²) in [5.41, 5.74) is 4.07. The van der Waals surface area contributed by atoms with Crippen molar-refractivity contribution in [3.8, 4) is 22.8 Å². The van der Waals surface area contributed by atoms with Crippen molar-refractivity contribution in [2.24, 2.45) is 0 Å². The van der Waals surface area contributed by atoms with E-state index in [0.717, 1.165) is 29.7 Å². The van der Waals surface area contributed by atoms with Crippen molar-refractivity contribution < 1.29 is 4.39 Å². The topological polar surface area (TPSA) is 86.6 Å². The van der Waals surface area contributed by atoms with Crippen LogP contribution in [0.25, 0.3) is 22.8 Å². The molecule has 0 spiro atoms. The van der Waals surface area contributed by atoms with Crippen LogP contribution in [-0.2, 0) is 12.8 Å². The number of hydrogen-bond donors (Lipinski definition) is 1. The van der Waals surface area contributed by atoms with Crippen molar-refractivity contribution in [3.05, 3.63) is 59.9 Å². The Morgan fingerprint density at radius 3 is 2.29 bits per heavy atom. The van der Waals surface area contributed by atoms with Gasteiger partial charge in [0.25, 0.3) is 0 Å². The first-order valence-corrected chi connectivity index (χ1v) is 7.67. The fourth-order valence-corrected chi connectivity index (χ4v) is 2.59. The summed E-state index contributed by atoms with van der Waals surface area (Å²) >= 11 is 0. The summed E-state index contributed by atoms with van der Waals surface area (Å²) in [6.07, 6.45) is 2.21. The number of rotatable bonds is 4. The molecule has 0 saturated heterocycles. The Kier molecular flexibility index (Phi) is 5.65. The fourth-order valence-electron chi connectivity index (χ4n) is 2.59. The second-order valence-corrected chi connectivity index (χ2v) is 5.11. The Morgan fingerprint density at radius 1 is 0.917 bits per heavy atom. The monoisotopic (exact) mass is 325 g/mol. The minimum absolute atomic E-state index is 0. The molecule has 0 saturated carbocycles. The highest BCUT2D eigenvalue weighted by molar-refractivity contribution is 5.65. The molecule has 3 aromatic rings. The fraction of sp³-hybridized carbons (Fsp3) is 0.222. The van der Waals surface area contributed by atoms with Crippen LogP contribution < -0.4 is 6.15 Å². The molecule has 6 heteroatoms. The smallest absolute Gasteiger partial charge is 0.309 e. The molecule has 0 aliphatic heterocycles. The standard InChI is InChI=1S/C18H17FN4.H3N/c1-3-13-14(4-2)21-17(12-8-6-5-7-9-12)23-16(13)15-10-11-20-18(19)22-15;/h5-11H,3-4H2,1-2H3;1H3. The molecule has 0 amide bonds. The van der Waals surface area contributed by atoms with Gasteiger partial charge in [0, 0.05) is 23.0 Å². The number of benzene rings is 1. The number of aryl methyl sites for hydroxylation is 1. The van der Waals surface area contributed by atoms with Gasteiger partial charge in [-0.05, 0) is 18.9 Å². The lowest BCUT2D eigenvalue weighted by Gasteiger charge is -2.13. The molecule has 2 heterocycles. The first-order chi connectivity index (χ1) is 11.2. The average Bonchev–Trinajstić information content (AvgIpc) is 2.61. The largest absolute Gasteiger partial charge is 0.344 e. The quantitative estimate of drug-likeness (QED) is 0.732. The van der Waals surface area contributed by atoms with Gasteiger partial charge in [0.05, 0.1) is 11.4 Å². The molecule has 0 radical (unpaired) electrons. The van der Waals surface area contributed by atoms with Crippen LogP contribution in [0.5, 0.6) is 0 Å². The van der Waals surface area contributed by atoms with Gasteiger partial charge in [0.2, 0.25) is 0 Å². The van der Waals surface area contributed by atoms with E-state index in [2.05, 4.69) is 21.9 Å². The maximum absolute atomic E-state index is 13.4. The lowest BCUT2D eigenvalue weighted by atomic mass is 10.0. The summed E-state index contributed by atoms with van der Waals surface area (Å²) in [5, 5.41) is 0. The molecule has 3 rings (SSSR count). The normalized spacial score (nSPS) is 10.3. The third-order valence-corrected chi connectivity index (χ3v) is 3.68. The zero-order valence-electron chi connectivity index (χ0n) is 13.8. The predicted octanol–water partition coefficient (Wildman–Crippen LogP) is 4.03. The van der Waals surface area contributed by atoms with E-state index in [-0.39, 0.29) is 6.15 Å². The van der Waals surface area contributed by atoms with Crippen molar-refractivity contribution in [2.75, 3.05) is 0 Å². The van der Waals surface area contributed by atoms with E-state index in [9.17, 15) is 4.39 Å². The Hall–Kier alpha value is -2.73. The first-order valence-electron chi connectivity index (χ1n) is 7.67. The molecule has 0 unspecified atom stereocenters. The summed E-state index contributed by atoms with van der Waals surface area (Å²) in [4.78, 5) is 16.8. The van der Waals surface area contributed by atoms with Crippen LogP contribution in [-0.4, -0.2) is 19.9 Å². The molecule has 0 atom stereocenters. The van der Waals surface area contributed by atoms with Crippen molar-refractivity contribution in [3.63, 3.8) is 0 Å². The maximum Gasteiger partial charge on any atom is 0.309 e. The van der Waals surface area contributed by atoms with Gasteiger partial charge in [-0.2, -0.15) is 4.39 Å². The van der Waals surface area contributed by atoms with Crippen LogP contribution in [0, 0.1) is 6.08 Å². The summed E-state index contributed by atoms with van der Waals surface area (Å²) in [7, 11) is 0. The highest BCUT2D eigenvalue weighted by atomic mass is 19.1. The molecule has 0 aliphatic carbocycles. The summed E-state index contributed by atoms with van der Waals surface area (Å²) in [6.45, 7) is 4.10. The molecule has 5 nitrogen and oxygen atoms in total. The van der Waals surface area contributed by atoms with Crippen LogP contribution >= 0.6 is 0 Å². The molecule has 1 aromatic carbocycles. The van der Waals surface area contributed by atoms with Gasteiger partial charge >= 0.3 is 6.08 Å². The van der Waals surface area contributed by atoms with Gasteiger partial charge in [-0.3, -0.25) is 0 Å². The second-order valence-electron chi connectivity index (χ2n) is 5.11. The molecule has 0 fully saturated rings. The van der Waals surface area contributed by atoms with E-state index in [1.54, 1.807) is 6.07 Å². The predicted molar refractivity (Wildman–Crippen MR) is 92.2 cm³/mol. The Bertz CT molecular complexity index is 821. The Labute approximate surface area is 140 Å². The number of halogens is 1. The van der Waals surface area contributed by atoms with Crippen molar-refractivity contribution in [1.29, 1.82) is 0 Å². The summed E-state index contributed by atoms with van der Waals surface area (Å²) in [6, 6.07) is 11.4. The number of nitrogens with zero attached hydrogens (tertiary/aromatic N) is 4. The van der Waals surface area contributed by atoms with E-state index in [1.165, 1.54) is 6.20 Å². The Balaban J connectivity index is 0.00000208. The Morgan fingerprint density at radius 2 is 1.67 bits per heavy atom. The van der Waals surface area contributed by atoms with Gasteiger partial charge < -0.3 is 6.15 Å².